The molecule has 1 fully saturated rings. The van der Waals surface area contributed by atoms with Crippen molar-refractivity contribution in [1.82, 2.24) is 4.98 Å². The third-order valence-electron chi connectivity index (χ3n) is 5.16. The number of aromatic nitrogens is 1. The van der Waals surface area contributed by atoms with Crippen LogP contribution in [0.25, 0.3) is 21.2 Å². The summed E-state index contributed by atoms with van der Waals surface area (Å²) in [6.07, 6.45) is 1.92. The Hall–Kier alpha value is -2.42. The Morgan fingerprint density at radius 3 is 3.03 bits per heavy atom. The van der Waals surface area contributed by atoms with E-state index in [9.17, 15) is 4.79 Å². The molecule has 1 amide bonds. The van der Waals surface area contributed by atoms with E-state index < -0.39 is 0 Å². The molecule has 0 spiro atoms. The number of fused-ring (bicyclic) bond motifs is 2. The van der Waals surface area contributed by atoms with E-state index in [-0.39, 0.29) is 17.8 Å². The fourth-order valence-electron chi connectivity index (χ4n) is 3.68. The molecule has 1 saturated heterocycles. The SMILES string of the molecule is COc1cccc2cc(C(=O)N(CC3CCCO3)c3nc4ccc(Br)cc4s3)oc12. The van der Waals surface area contributed by atoms with Gasteiger partial charge in [-0.25, -0.2) is 4.98 Å². The number of rotatable bonds is 5. The maximum absolute atomic E-state index is 13.5. The Kier molecular flexibility index (Phi) is 5.22. The molecule has 0 aliphatic carbocycles. The van der Waals surface area contributed by atoms with Gasteiger partial charge in [0.05, 0.1) is 30.0 Å². The summed E-state index contributed by atoms with van der Waals surface area (Å²) >= 11 is 4.98. The molecule has 0 radical (unpaired) electrons. The fourth-order valence-corrected chi connectivity index (χ4v) is 5.20. The molecule has 0 bridgehead atoms. The van der Waals surface area contributed by atoms with Crippen molar-refractivity contribution in [3.63, 3.8) is 0 Å². The molecule has 1 unspecified atom stereocenters. The Morgan fingerprint density at radius 1 is 1.33 bits per heavy atom. The smallest absolute Gasteiger partial charge is 0.295 e. The second-order valence-corrected chi connectivity index (χ2v) is 9.07. The molecular weight excluding hydrogens is 468 g/mol. The summed E-state index contributed by atoms with van der Waals surface area (Å²) in [5.41, 5.74) is 1.42. The van der Waals surface area contributed by atoms with Crippen LogP contribution in [0.1, 0.15) is 23.4 Å². The summed E-state index contributed by atoms with van der Waals surface area (Å²) in [6, 6.07) is 13.3. The van der Waals surface area contributed by atoms with Crippen LogP contribution >= 0.6 is 27.3 Å². The highest BCUT2D eigenvalue weighted by atomic mass is 79.9. The minimum Gasteiger partial charge on any atom is -0.493 e. The molecule has 0 N–H and O–H groups in total. The number of halogens is 1. The van der Waals surface area contributed by atoms with Crippen molar-refractivity contribution in [2.45, 2.75) is 18.9 Å². The monoisotopic (exact) mass is 486 g/mol. The van der Waals surface area contributed by atoms with Gasteiger partial charge in [-0.3, -0.25) is 9.69 Å². The first kappa shape index (κ1) is 19.5. The zero-order valence-electron chi connectivity index (χ0n) is 16.3. The van der Waals surface area contributed by atoms with Gasteiger partial charge in [-0.05, 0) is 43.2 Å². The first-order valence-electron chi connectivity index (χ1n) is 9.68. The molecule has 1 aliphatic heterocycles. The zero-order valence-corrected chi connectivity index (χ0v) is 18.7. The number of furan rings is 1. The highest BCUT2D eigenvalue weighted by Crippen LogP contribution is 2.34. The third kappa shape index (κ3) is 3.59. The summed E-state index contributed by atoms with van der Waals surface area (Å²) in [6.45, 7) is 1.16. The van der Waals surface area contributed by atoms with Crippen molar-refractivity contribution < 1.29 is 18.7 Å². The molecule has 8 heteroatoms. The summed E-state index contributed by atoms with van der Waals surface area (Å²) < 4.78 is 19.1. The summed E-state index contributed by atoms with van der Waals surface area (Å²) in [4.78, 5) is 19.9. The summed E-state index contributed by atoms with van der Waals surface area (Å²) in [5.74, 6) is 0.622. The number of carbonyl (C=O) groups excluding carboxylic acids is 1. The Bertz CT molecular complexity index is 1230. The quantitative estimate of drug-likeness (QED) is 0.365. The lowest BCUT2D eigenvalue weighted by Crippen LogP contribution is -2.37. The molecule has 154 valence electrons. The van der Waals surface area contributed by atoms with Crippen LogP contribution in [-0.4, -0.2) is 37.3 Å². The molecular formula is C22H19BrN2O4S. The summed E-state index contributed by atoms with van der Waals surface area (Å²) in [5, 5.41) is 1.46. The van der Waals surface area contributed by atoms with Gasteiger partial charge in [0.15, 0.2) is 22.2 Å². The lowest BCUT2D eigenvalue weighted by atomic mass is 10.2. The van der Waals surface area contributed by atoms with E-state index in [2.05, 4.69) is 15.9 Å². The largest absolute Gasteiger partial charge is 0.493 e. The van der Waals surface area contributed by atoms with Gasteiger partial charge in [0, 0.05) is 16.5 Å². The number of methoxy groups -OCH3 is 1. The number of thiazole rings is 1. The van der Waals surface area contributed by atoms with Gasteiger partial charge in [0.1, 0.15) is 0 Å². The Balaban J connectivity index is 1.55. The second-order valence-electron chi connectivity index (χ2n) is 7.15. The number of hydrogen-bond acceptors (Lipinski definition) is 6. The van der Waals surface area contributed by atoms with Crippen molar-refractivity contribution in [3.05, 3.63) is 52.7 Å². The van der Waals surface area contributed by atoms with E-state index in [4.69, 9.17) is 18.9 Å². The number of ether oxygens (including phenoxy) is 2. The van der Waals surface area contributed by atoms with Crippen molar-refractivity contribution in [1.29, 1.82) is 0 Å². The number of amides is 1. The number of para-hydroxylation sites is 1. The molecule has 2 aromatic heterocycles. The van der Waals surface area contributed by atoms with Gasteiger partial charge in [0.2, 0.25) is 0 Å². The minimum absolute atomic E-state index is 0.00777. The van der Waals surface area contributed by atoms with Gasteiger partial charge in [-0.15, -0.1) is 0 Å². The first-order chi connectivity index (χ1) is 14.6. The van der Waals surface area contributed by atoms with Gasteiger partial charge >= 0.3 is 0 Å². The van der Waals surface area contributed by atoms with E-state index in [0.717, 1.165) is 39.5 Å². The van der Waals surface area contributed by atoms with Crippen LogP contribution in [0.15, 0.2) is 51.4 Å². The molecule has 6 nitrogen and oxygen atoms in total. The van der Waals surface area contributed by atoms with E-state index in [1.807, 2.05) is 36.4 Å². The maximum Gasteiger partial charge on any atom is 0.295 e. The van der Waals surface area contributed by atoms with Crippen LogP contribution in [0.5, 0.6) is 5.75 Å². The Morgan fingerprint density at radius 2 is 2.23 bits per heavy atom. The average molecular weight is 487 g/mol. The van der Waals surface area contributed by atoms with E-state index >= 15 is 0 Å². The number of anilines is 1. The van der Waals surface area contributed by atoms with E-state index in [1.165, 1.54) is 11.3 Å². The van der Waals surface area contributed by atoms with Crippen molar-refractivity contribution in [2.24, 2.45) is 0 Å². The van der Waals surface area contributed by atoms with Gasteiger partial charge in [-0.1, -0.05) is 39.4 Å². The standard InChI is InChI=1S/C22H19BrN2O4S/c1-27-17-6-2-4-13-10-18(29-20(13)17)21(26)25(12-15-5-3-9-28-15)22-24-16-8-7-14(23)11-19(16)30-22/h2,4,6-8,10-11,15H,3,5,9,12H2,1H3. The highest BCUT2D eigenvalue weighted by molar-refractivity contribution is 9.10. The van der Waals surface area contributed by atoms with Crippen LogP contribution in [0, 0.1) is 0 Å². The Labute approximate surface area is 185 Å². The lowest BCUT2D eigenvalue weighted by molar-refractivity contribution is 0.0896. The van der Waals surface area contributed by atoms with E-state index in [0.29, 0.717) is 23.0 Å². The van der Waals surface area contributed by atoms with Crippen LogP contribution in [0.4, 0.5) is 5.13 Å². The predicted molar refractivity (Wildman–Crippen MR) is 121 cm³/mol. The molecule has 4 aromatic rings. The molecule has 5 rings (SSSR count). The maximum atomic E-state index is 13.5. The van der Waals surface area contributed by atoms with Crippen molar-refractivity contribution in [3.8, 4) is 5.75 Å². The predicted octanol–water partition coefficient (Wildman–Crippen LogP) is 5.64. The highest BCUT2D eigenvalue weighted by Gasteiger charge is 2.29. The number of carbonyl (C=O) groups is 1. The molecule has 1 aliphatic rings. The number of hydrogen-bond donors (Lipinski definition) is 0. The topological polar surface area (TPSA) is 64.8 Å². The molecule has 30 heavy (non-hydrogen) atoms. The van der Waals surface area contributed by atoms with Crippen LogP contribution in [0.3, 0.4) is 0 Å². The average Bonchev–Trinajstić information content (AvgIpc) is 3.49. The second kappa shape index (κ2) is 8.02. The van der Waals surface area contributed by atoms with E-state index in [1.54, 1.807) is 18.1 Å². The van der Waals surface area contributed by atoms with Crippen molar-refractivity contribution >= 4 is 59.5 Å². The normalized spacial score (nSPS) is 16.4. The van der Waals surface area contributed by atoms with Crippen LogP contribution in [0.2, 0.25) is 0 Å². The van der Waals surface area contributed by atoms with Crippen molar-refractivity contribution in [2.75, 3.05) is 25.2 Å². The van der Waals surface area contributed by atoms with Crippen LogP contribution < -0.4 is 9.64 Å². The van der Waals surface area contributed by atoms with Gasteiger partial charge < -0.3 is 13.9 Å². The number of benzene rings is 2. The summed E-state index contributed by atoms with van der Waals surface area (Å²) in [7, 11) is 1.59. The van der Waals surface area contributed by atoms with Crippen LogP contribution in [-0.2, 0) is 4.74 Å². The molecule has 2 aromatic carbocycles. The lowest BCUT2D eigenvalue weighted by Gasteiger charge is -2.22. The first-order valence-corrected chi connectivity index (χ1v) is 11.3. The molecule has 0 saturated carbocycles. The zero-order chi connectivity index (χ0) is 20.7. The minimum atomic E-state index is -0.234. The molecule has 1 atom stereocenters. The van der Waals surface area contributed by atoms with Gasteiger partial charge in [0.25, 0.3) is 5.91 Å². The number of nitrogens with zero attached hydrogens (tertiary/aromatic N) is 2. The fraction of sp³-hybridized carbons (Fsp3) is 0.273. The molecule has 3 heterocycles. The third-order valence-corrected chi connectivity index (χ3v) is 6.70. The van der Waals surface area contributed by atoms with Gasteiger partial charge in [-0.2, -0.15) is 0 Å².